The third-order valence-corrected chi connectivity index (χ3v) is 7.18. The van der Waals surface area contributed by atoms with E-state index in [4.69, 9.17) is 4.65 Å². The van der Waals surface area contributed by atoms with E-state index in [2.05, 4.69) is 125 Å². The van der Waals surface area contributed by atoms with Gasteiger partial charge in [0.1, 0.15) is 5.75 Å². The highest BCUT2D eigenvalue weighted by molar-refractivity contribution is 6.86. The summed E-state index contributed by atoms with van der Waals surface area (Å²) < 4.78 is 6.72. The smallest absolute Gasteiger partial charge is 0.431 e. The van der Waals surface area contributed by atoms with E-state index in [0.29, 0.717) is 0 Å². The quantitative estimate of drug-likeness (QED) is 0.278. The molecular weight excluding hydrogens is 415 g/mol. The van der Waals surface area contributed by atoms with Crippen LogP contribution in [-0.2, 0) is 0 Å². The van der Waals surface area contributed by atoms with Gasteiger partial charge in [-0.05, 0) is 53.5 Å². The van der Waals surface area contributed by atoms with Crippen molar-refractivity contribution in [3.05, 3.63) is 115 Å². The Morgan fingerprint density at radius 3 is 2.03 bits per heavy atom. The Labute approximate surface area is 198 Å². The van der Waals surface area contributed by atoms with Crippen LogP contribution in [0.1, 0.15) is 0 Å². The van der Waals surface area contributed by atoms with Crippen LogP contribution >= 0.6 is 0 Å². The number of hydrogen-bond donors (Lipinski definition) is 0. The van der Waals surface area contributed by atoms with Gasteiger partial charge in [0.05, 0.1) is 22.7 Å². The molecule has 0 bridgehead atoms. The maximum atomic E-state index is 6.72. The Bertz CT molecular complexity index is 1610. The average molecular weight is 434 g/mol. The Balaban J connectivity index is 1.48. The first-order valence-electron chi connectivity index (χ1n) is 11.7. The van der Waals surface area contributed by atoms with Crippen molar-refractivity contribution in [1.82, 2.24) is 0 Å². The first-order chi connectivity index (χ1) is 16.9. The lowest BCUT2D eigenvalue weighted by molar-refractivity contribution is 0.590. The predicted molar refractivity (Wildman–Crippen MR) is 140 cm³/mol. The normalized spacial score (nSPS) is 13.9. The summed E-state index contributed by atoms with van der Waals surface area (Å²) in [6.07, 6.45) is 0. The summed E-state index contributed by atoms with van der Waals surface area (Å²) in [5, 5.41) is 0. The van der Waals surface area contributed by atoms with Crippen LogP contribution in [0.15, 0.2) is 115 Å². The van der Waals surface area contributed by atoms with Crippen LogP contribution in [0.3, 0.4) is 0 Å². The maximum Gasteiger partial charge on any atom is 0.431 e. The van der Waals surface area contributed by atoms with Gasteiger partial charge in [0, 0.05) is 22.4 Å². The van der Waals surface area contributed by atoms with Crippen molar-refractivity contribution in [3.8, 4) is 16.9 Å². The second-order valence-corrected chi connectivity index (χ2v) is 8.94. The minimum absolute atomic E-state index is 0.143. The first-order valence-corrected chi connectivity index (χ1v) is 11.7. The number of para-hydroxylation sites is 5. The Hall–Kier alpha value is -4.44. The summed E-state index contributed by atoms with van der Waals surface area (Å²) in [5.41, 5.74) is 11.9. The molecule has 8 rings (SSSR count). The van der Waals surface area contributed by atoms with Gasteiger partial charge in [0.25, 0.3) is 0 Å². The molecular formula is C30H19BN2O. The highest BCUT2D eigenvalue weighted by Crippen LogP contribution is 2.55. The number of hydrogen-bond acceptors (Lipinski definition) is 3. The molecule has 3 heterocycles. The Kier molecular flexibility index (Phi) is 3.48. The van der Waals surface area contributed by atoms with E-state index in [-0.39, 0.29) is 6.92 Å². The fourth-order valence-corrected chi connectivity index (χ4v) is 5.84. The molecule has 5 aromatic rings. The van der Waals surface area contributed by atoms with Crippen LogP contribution in [0.25, 0.3) is 11.1 Å². The molecule has 0 saturated carbocycles. The van der Waals surface area contributed by atoms with Gasteiger partial charge >= 0.3 is 6.92 Å². The summed E-state index contributed by atoms with van der Waals surface area (Å²) in [5.74, 6) is 0.944. The second-order valence-electron chi connectivity index (χ2n) is 8.94. The molecule has 0 aromatic heterocycles. The molecule has 5 aromatic carbocycles. The molecule has 0 spiro atoms. The minimum atomic E-state index is -0.143. The van der Waals surface area contributed by atoms with Crippen molar-refractivity contribution in [2.24, 2.45) is 0 Å². The van der Waals surface area contributed by atoms with Gasteiger partial charge in [-0.25, -0.2) is 0 Å². The monoisotopic (exact) mass is 434 g/mol. The highest BCUT2D eigenvalue weighted by atomic mass is 16.4. The number of rotatable bonds is 1. The molecule has 0 saturated heterocycles. The van der Waals surface area contributed by atoms with Crippen LogP contribution in [0, 0.1) is 0 Å². The van der Waals surface area contributed by atoms with Gasteiger partial charge in [-0.1, -0.05) is 72.8 Å². The molecule has 0 fully saturated rings. The van der Waals surface area contributed by atoms with E-state index in [0.717, 1.165) is 17.0 Å². The summed E-state index contributed by atoms with van der Waals surface area (Å²) in [7, 11) is 0. The molecule has 0 N–H and O–H groups in total. The Morgan fingerprint density at radius 1 is 0.500 bits per heavy atom. The van der Waals surface area contributed by atoms with Gasteiger partial charge in [0.2, 0.25) is 0 Å². The first kappa shape index (κ1) is 18.0. The molecule has 158 valence electrons. The van der Waals surface area contributed by atoms with Crippen molar-refractivity contribution in [2.45, 2.75) is 0 Å². The largest absolute Gasteiger partial charge is 0.551 e. The zero-order valence-corrected chi connectivity index (χ0v) is 18.3. The molecule has 0 radical (unpaired) electrons. The zero-order valence-electron chi connectivity index (χ0n) is 18.3. The lowest BCUT2D eigenvalue weighted by atomic mass is 9.49. The van der Waals surface area contributed by atoms with Crippen LogP contribution in [0.5, 0.6) is 5.75 Å². The molecule has 0 atom stereocenters. The zero-order chi connectivity index (χ0) is 22.2. The third-order valence-electron chi connectivity index (χ3n) is 7.18. The van der Waals surface area contributed by atoms with E-state index in [1.807, 2.05) is 0 Å². The van der Waals surface area contributed by atoms with E-state index in [9.17, 15) is 0 Å². The number of fused-ring (bicyclic) bond motifs is 6. The molecule has 0 amide bonds. The summed E-state index contributed by atoms with van der Waals surface area (Å²) in [4.78, 5) is 4.81. The Morgan fingerprint density at radius 2 is 1.15 bits per heavy atom. The van der Waals surface area contributed by atoms with E-state index in [1.165, 1.54) is 44.9 Å². The predicted octanol–water partition coefficient (Wildman–Crippen LogP) is 6.42. The third kappa shape index (κ3) is 2.22. The fourth-order valence-electron chi connectivity index (χ4n) is 5.84. The lowest BCUT2D eigenvalue weighted by Gasteiger charge is -2.46. The molecule has 4 heteroatoms. The van der Waals surface area contributed by atoms with Gasteiger partial charge in [0.15, 0.2) is 0 Å². The van der Waals surface area contributed by atoms with Crippen LogP contribution in [0.4, 0.5) is 34.1 Å². The number of anilines is 6. The van der Waals surface area contributed by atoms with E-state index < -0.39 is 0 Å². The topological polar surface area (TPSA) is 15.7 Å². The molecule has 0 unspecified atom stereocenters. The summed E-state index contributed by atoms with van der Waals surface area (Å²) in [6, 6.07) is 40.9. The molecule has 3 aliphatic heterocycles. The van der Waals surface area contributed by atoms with Crippen LogP contribution in [-0.4, -0.2) is 6.92 Å². The van der Waals surface area contributed by atoms with Gasteiger partial charge < -0.3 is 14.5 Å². The highest BCUT2D eigenvalue weighted by Gasteiger charge is 2.45. The average Bonchev–Trinajstić information content (AvgIpc) is 2.91. The van der Waals surface area contributed by atoms with E-state index in [1.54, 1.807) is 0 Å². The van der Waals surface area contributed by atoms with Crippen molar-refractivity contribution in [1.29, 1.82) is 0 Å². The van der Waals surface area contributed by atoms with Crippen molar-refractivity contribution in [3.63, 3.8) is 0 Å². The van der Waals surface area contributed by atoms with Crippen molar-refractivity contribution < 1.29 is 4.65 Å². The van der Waals surface area contributed by atoms with Crippen LogP contribution in [0.2, 0.25) is 0 Å². The molecule has 3 aliphatic rings. The summed E-state index contributed by atoms with van der Waals surface area (Å²) in [6.45, 7) is -0.143. The summed E-state index contributed by atoms with van der Waals surface area (Å²) >= 11 is 0. The van der Waals surface area contributed by atoms with Gasteiger partial charge in [-0.3, -0.25) is 0 Å². The molecule has 0 aliphatic carbocycles. The SMILES string of the molecule is c1ccc(N2c3ccccc3N3c4cccc5c4B(Oc4ccccc4-5)c4cccc2c43)cc1. The van der Waals surface area contributed by atoms with Crippen LogP contribution < -0.4 is 25.4 Å². The van der Waals surface area contributed by atoms with Gasteiger partial charge in [-0.2, -0.15) is 0 Å². The van der Waals surface area contributed by atoms with Crippen molar-refractivity contribution in [2.75, 3.05) is 9.80 Å². The van der Waals surface area contributed by atoms with E-state index >= 15 is 0 Å². The fraction of sp³-hybridized carbons (Fsp3) is 0. The number of nitrogens with zero attached hydrogens (tertiary/aromatic N) is 2. The minimum Gasteiger partial charge on any atom is -0.551 e. The van der Waals surface area contributed by atoms with Gasteiger partial charge in [-0.15, -0.1) is 0 Å². The second kappa shape index (κ2) is 6.55. The van der Waals surface area contributed by atoms with Crippen molar-refractivity contribution >= 4 is 52.0 Å². The lowest BCUT2D eigenvalue weighted by Crippen LogP contribution is -2.56. The molecule has 34 heavy (non-hydrogen) atoms. The standard InChI is InChI=1S/C30H19BN2O/c1-2-10-20(11-3-1)32-24-15-5-6-16-25(24)33-26-17-8-13-22-21-12-4-7-19-28(21)34-31(29(22)26)23-14-9-18-27(32)30(23)33/h1-19H. The maximum absolute atomic E-state index is 6.72. The number of benzene rings is 5. The molecule has 3 nitrogen and oxygen atoms in total.